The predicted molar refractivity (Wildman–Crippen MR) is 92.6 cm³/mol. The third kappa shape index (κ3) is 3.19. The molecule has 0 saturated heterocycles. The van der Waals surface area contributed by atoms with E-state index in [0.717, 1.165) is 17.7 Å². The molecule has 0 aromatic heterocycles. The summed E-state index contributed by atoms with van der Waals surface area (Å²) < 4.78 is 0. The van der Waals surface area contributed by atoms with Crippen molar-refractivity contribution in [2.24, 2.45) is 0 Å². The number of amides is 2. The summed E-state index contributed by atoms with van der Waals surface area (Å²) >= 11 is 11.9. The Morgan fingerprint density at radius 3 is 2.61 bits per heavy atom. The van der Waals surface area contributed by atoms with Gasteiger partial charge in [-0.1, -0.05) is 23.2 Å². The van der Waals surface area contributed by atoms with Gasteiger partial charge in [-0.2, -0.15) is 0 Å². The van der Waals surface area contributed by atoms with Crippen LogP contribution in [-0.2, 0) is 11.2 Å². The summed E-state index contributed by atoms with van der Waals surface area (Å²) in [6.07, 6.45) is 0.778. The van der Waals surface area contributed by atoms with Gasteiger partial charge in [0.15, 0.2) is 0 Å². The minimum absolute atomic E-state index is 0.0217. The maximum absolute atomic E-state index is 12.3. The summed E-state index contributed by atoms with van der Waals surface area (Å²) in [5.74, 6) is -0.276. The minimum atomic E-state index is -0.298. The number of nitrogens with zero attached hydrogens (tertiary/aromatic N) is 1. The Balaban J connectivity index is 1.81. The number of rotatable bonds is 2. The van der Waals surface area contributed by atoms with E-state index in [9.17, 15) is 9.59 Å². The molecule has 1 aliphatic heterocycles. The highest BCUT2D eigenvalue weighted by Crippen LogP contribution is 2.31. The fourth-order valence-corrected chi connectivity index (χ4v) is 3.17. The van der Waals surface area contributed by atoms with Crippen LogP contribution in [0.1, 0.15) is 22.8 Å². The van der Waals surface area contributed by atoms with E-state index in [1.807, 2.05) is 12.1 Å². The zero-order valence-electron chi connectivity index (χ0n) is 12.4. The number of fused-ring (bicyclic) bond motifs is 1. The van der Waals surface area contributed by atoms with Crippen molar-refractivity contribution in [3.63, 3.8) is 0 Å². The van der Waals surface area contributed by atoms with Crippen molar-refractivity contribution in [1.82, 2.24) is 0 Å². The summed E-state index contributed by atoms with van der Waals surface area (Å²) in [6, 6.07) is 10.3. The zero-order valence-corrected chi connectivity index (χ0v) is 13.9. The first kappa shape index (κ1) is 15.8. The molecule has 3 rings (SSSR count). The smallest absolute Gasteiger partial charge is 0.257 e. The number of nitrogens with one attached hydrogen (secondary N) is 1. The van der Waals surface area contributed by atoms with Crippen LogP contribution in [0.5, 0.6) is 0 Å². The Morgan fingerprint density at radius 1 is 1.13 bits per heavy atom. The molecule has 1 heterocycles. The number of halogens is 2. The van der Waals surface area contributed by atoms with E-state index >= 15 is 0 Å². The molecule has 0 bridgehead atoms. The molecule has 0 aliphatic carbocycles. The maximum Gasteiger partial charge on any atom is 0.257 e. The number of carbonyl (C=O) groups excluding carboxylic acids is 2. The second kappa shape index (κ2) is 6.22. The van der Waals surface area contributed by atoms with Gasteiger partial charge in [0.1, 0.15) is 0 Å². The van der Waals surface area contributed by atoms with Crippen molar-refractivity contribution in [1.29, 1.82) is 0 Å². The fourth-order valence-electron chi connectivity index (χ4n) is 2.68. The van der Waals surface area contributed by atoms with Crippen molar-refractivity contribution >= 4 is 46.4 Å². The lowest BCUT2D eigenvalue weighted by Gasteiger charge is -2.15. The average Bonchev–Trinajstić information content (AvgIpc) is 2.90. The van der Waals surface area contributed by atoms with Crippen LogP contribution < -0.4 is 10.2 Å². The highest BCUT2D eigenvalue weighted by molar-refractivity contribution is 6.37. The molecule has 2 aromatic rings. The number of anilines is 2. The van der Waals surface area contributed by atoms with Crippen molar-refractivity contribution in [2.75, 3.05) is 16.8 Å². The summed E-state index contributed by atoms with van der Waals surface area (Å²) in [7, 11) is 0. The molecule has 0 saturated carbocycles. The van der Waals surface area contributed by atoms with Crippen LogP contribution in [0.2, 0.25) is 10.0 Å². The molecule has 4 nitrogen and oxygen atoms in total. The Bertz CT molecular complexity index is 805. The highest BCUT2D eigenvalue weighted by Gasteiger charge is 2.22. The van der Waals surface area contributed by atoms with Crippen LogP contribution >= 0.6 is 23.2 Å². The Morgan fingerprint density at radius 2 is 1.91 bits per heavy atom. The fraction of sp³-hybridized carbons (Fsp3) is 0.176. The van der Waals surface area contributed by atoms with Crippen LogP contribution in [0.25, 0.3) is 0 Å². The monoisotopic (exact) mass is 348 g/mol. The van der Waals surface area contributed by atoms with Crippen molar-refractivity contribution in [2.45, 2.75) is 13.3 Å². The standard InChI is InChI=1S/C17H14Cl2N2O2/c1-10(22)21-7-6-11-8-13(3-5-16(11)21)20-17(23)14-4-2-12(18)9-15(14)19/h2-5,8-9H,6-7H2,1H3,(H,20,23). The molecule has 0 atom stereocenters. The van der Waals surface area contributed by atoms with Gasteiger partial charge < -0.3 is 10.2 Å². The molecule has 1 aliphatic rings. The lowest BCUT2D eigenvalue weighted by molar-refractivity contribution is -0.116. The molecule has 1 N–H and O–H groups in total. The van der Waals surface area contributed by atoms with E-state index in [0.29, 0.717) is 27.8 Å². The number of hydrogen-bond donors (Lipinski definition) is 1. The van der Waals surface area contributed by atoms with Gasteiger partial charge in [-0.25, -0.2) is 0 Å². The van der Waals surface area contributed by atoms with Crippen LogP contribution in [0.4, 0.5) is 11.4 Å². The number of hydrogen-bond acceptors (Lipinski definition) is 2. The van der Waals surface area contributed by atoms with Crippen molar-refractivity contribution in [3.8, 4) is 0 Å². The molecule has 2 aromatic carbocycles. The second-order valence-electron chi connectivity index (χ2n) is 5.34. The maximum atomic E-state index is 12.3. The first-order valence-corrected chi connectivity index (χ1v) is 7.89. The molecule has 118 valence electrons. The molecular weight excluding hydrogens is 335 g/mol. The average molecular weight is 349 g/mol. The third-order valence-corrected chi connectivity index (χ3v) is 4.34. The van der Waals surface area contributed by atoms with Gasteiger partial charge in [-0.3, -0.25) is 9.59 Å². The van der Waals surface area contributed by atoms with Gasteiger partial charge in [-0.15, -0.1) is 0 Å². The topological polar surface area (TPSA) is 49.4 Å². The summed E-state index contributed by atoms with van der Waals surface area (Å²) in [5, 5.41) is 3.61. The molecule has 2 amide bonds. The minimum Gasteiger partial charge on any atom is -0.322 e. The first-order chi connectivity index (χ1) is 11.0. The Kier molecular flexibility index (Phi) is 4.28. The van der Waals surface area contributed by atoms with E-state index in [-0.39, 0.29) is 11.8 Å². The van der Waals surface area contributed by atoms with Gasteiger partial charge in [0.25, 0.3) is 5.91 Å². The quantitative estimate of drug-likeness (QED) is 0.885. The van der Waals surface area contributed by atoms with Crippen LogP contribution in [0.15, 0.2) is 36.4 Å². The summed E-state index contributed by atoms with van der Waals surface area (Å²) in [5.41, 5.74) is 2.98. The molecular formula is C17H14Cl2N2O2. The Labute approximate surface area is 144 Å². The lowest BCUT2D eigenvalue weighted by Crippen LogP contribution is -2.25. The molecule has 0 fully saturated rings. The van der Waals surface area contributed by atoms with E-state index in [4.69, 9.17) is 23.2 Å². The molecule has 0 spiro atoms. The lowest BCUT2D eigenvalue weighted by atomic mass is 10.1. The van der Waals surface area contributed by atoms with Gasteiger partial charge >= 0.3 is 0 Å². The molecule has 23 heavy (non-hydrogen) atoms. The van der Waals surface area contributed by atoms with Gasteiger partial charge in [-0.05, 0) is 48.4 Å². The van der Waals surface area contributed by atoms with E-state index in [1.54, 1.807) is 30.0 Å². The van der Waals surface area contributed by atoms with Crippen molar-refractivity contribution < 1.29 is 9.59 Å². The third-order valence-electron chi connectivity index (χ3n) is 3.79. The normalized spacial score (nSPS) is 12.9. The van der Waals surface area contributed by atoms with Gasteiger partial charge in [0.05, 0.1) is 10.6 Å². The van der Waals surface area contributed by atoms with Crippen LogP contribution in [0.3, 0.4) is 0 Å². The summed E-state index contributed by atoms with van der Waals surface area (Å²) in [6.45, 7) is 2.22. The summed E-state index contributed by atoms with van der Waals surface area (Å²) in [4.78, 5) is 25.6. The second-order valence-corrected chi connectivity index (χ2v) is 6.19. The van der Waals surface area contributed by atoms with E-state index < -0.39 is 0 Å². The zero-order chi connectivity index (χ0) is 16.6. The van der Waals surface area contributed by atoms with Gasteiger partial charge in [0.2, 0.25) is 5.91 Å². The predicted octanol–water partition coefficient (Wildman–Crippen LogP) is 4.15. The van der Waals surface area contributed by atoms with Crippen LogP contribution in [0, 0.1) is 0 Å². The largest absolute Gasteiger partial charge is 0.322 e. The molecule has 0 radical (unpaired) electrons. The molecule has 6 heteroatoms. The number of carbonyl (C=O) groups is 2. The van der Waals surface area contributed by atoms with E-state index in [2.05, 4.69) is 5.32 Å². The SMILES string of the molecule is CC(=O)N1CCc2cc(NC(=O)c3ccc(Cl)cc3Cl)ccc21. The number of benzene rings is 2. The first-order valence-electron chi connectivity index (χ1n) is 7.13. The Hall–Kier alpha value is -2.04. The van der Waals surface area contributed by atoms with Crippen LogP contribution in [-0.4, -0.2) is 18.4 Å². The highest BCUT2D eigenvalue weighted by atomic mass is 35.5. The van der Waals surface area contributed by atoms with Crippen molar-refractivity contribution in [3.05, 3.63) is 57.6 Å². The molecule has 0 unspecified atom stereocenters. The van der Waals surface area contributed by atoms with E-state index in [1.165, 1.54) is 6.07 Å². The van der Waals surface area contributed by atoms with Gasteiger partial charge in [0, 0.05) is 29.9 Å².